The maximum Gasteiger partial charge on any atom is 0.410 e. The highest BCUT2D eigenvalue weighted by Gasteiger charge is 2.32. The minimum Gasteiger partial charge on any atom is -0.444 e. The van der Waals surface area contributed by atoms with Crippen LogP contribution in [-0.4, -0.2) is 55.5 Å². The van der Waals surface area contributed by atoms with Crippen molar-refractivity contribution < 1.29 is 17.9 Å². The molecule has 142 valence electrons. The number of ether oxygens (including phenoxy) is 1. The van der Waals surface area contributed by atoms with Gasteiger partial charge < -0.3 is 9.64 Å². The highest BCUT2D eigenvalue weighted by atomic mass is 32.2. The summed E-state index contributed by atoms with van der Waals surface area (Å²) in [5.74, 6) is 0. The number of fused-ring (bicyclic) bond motifs is 1. The molecule has 0 saturated carbocycles. The number of carbonyl (C=O) groups is 1. The predicted octanol–water partition coefficient (Wildman–Crippen LogP) is 2.56. The molecule has 0 spiro atoms. The Balaban J connectivity index is 1.73. The molecule has 1 aliphatic rings. The molecule has 10 heteroatoms. The zero-order chi connectivity index (χ0) is 19.1. The van der Waals surface area contributed by atoms with Crippen LogP contribution in [0.2, 0.25) is 0 Å². The fourth-order valence-electron chi connectivity index (χ4n) is 2.60. The molecule has 0 bridgehead atoms. The van der Waals surface area contributed by atoms with Gasteiger partial charge in [-0.2, -0.15) is 4.31 Å². The minimum atomic E-state index is -3.66. The Hall–Kier alpha value is -1.49. The van der Waals surface area contributed by atoms with Crippen molar-refractivity contribution in [3.8, 4) is 0 Å². The van der Waals surface area contributed by atoms with Crippen LogP contribution in [0.25, 0.3) is 9.40 Å². The van der Waals surface area contributed by atoms with Crippen LogP contribution in [0.1, 0.15) is 20.8 Å². The number of hydrogen-bond donors (Lipinski definition) is 0. The Morgan fingerprint density at radius 3 is 2.31 bits per heavy atom. The lowest BCUT2D eigenvalue weighted by Crippen LogP contribution is -2.51. The van der Waals surface area contributed by atoms with Crippen LogP contribution in [0.15, 0.2) is 27.9 Å². The van der Waals surface area contributed by atoms with E-state index in [4.69, 9.17) is 4.74 Å². The standard InChI is InChI=1S/C16H20N2O5S3/c1-16(2,3)23-14(19)17-6-8-18(9-7-17)26(21,22)11-4-5-12-13(10-11)25-15(20)24-12/h4-5,10H,6-9H2,1-3H3. The van der Waals surface area contributed by atoms with Gasteiger partial charge in [0.25, 0.3) is 4.06 Å². The van der Waals surface area contributed by atoms with E-state index in [2.05, 4.69) is 0 Å². The second-order valence-corrected chi connectivity index (χ2v) is 11.2. The van der Waals surface area contributed by atoms with E-state index in [1.807, 2.05) is 0 Å². The molecule has 0 unspecified atom stereocenters. The zero-order valence-electron chi connectivity index (χ0n) is 14.7. The van der Waals surface area contributed by atoms with Gasteiger partial charge in [-0.15, -0.1) is 0 Å². The Morgan fingerprint density at radius 1 is 1.08 bits per heavy atom. The largest absolute Gasteiger partial charge is 0.444 e. The first-order valence-electron chi connectivity index (χ1n) is 8.08. The highest BCUT2D eigenvalue weighted by Crippen LogP contribution is 2.26. The molecule has 7 nitrogen and oxygen atoms in total. The van der Waals surface area contributed by atoms with Crippen molar-refractivity contribution in [3.63, 3.8) is 0 Å². The van der Waals surface area contributed by atoms with Crippen molar-refractivity contribution in [2.24, 2.45) is 0 Å². The predicted molar refractivity (Wildman–Crippen MR) is 103 cm³/mol. The maximum absolute atomic E-state index is 12.9. The maximum atomic E-state index is 12.9. The van der Waals surface area contributed by atoms with Crippen molar-refractivity contribution in [2.75, 3.05) is 26.2 Å². The molecule has 3 rings (SSSR count). The molecule has 0 N–H and O–H groups in total. The van der Waals surface area contributed by atoms with E-state index < -0.39 is 21.7 Å². The Morgan fingerprint density at radius 2 is 1.69 bits per heavy atom. The molecule has 0 radical (unpaired) electrons. The highest BCUT2D eigenvalue weighted by molar-refractivity contribution is 7.89. The summed E-state index contributed by atoms with van der Waals surface area (Å²) in [7, 11) is -3.66. The molecule has 1 amide bonds. The molecule has 0 aliphatic carbocycles. The molecule has 0 atom stereocenters. The summed E-state index contributed by atoms with van der Waals surface area (Å²) in [6.45, 7) is 6.35. The van der Waals surface area contributed by atoms with E-state index in [0.29, 0.717) is 4.70 Å². The molecule has 2 heterocycles. The number of piperazine rings is 1. The van der Waals surface area contributed by atoms with Gasteiger partial charge in [0.2, 0.25) is 10.0 Å². The summed E-state index contributed by atoms with van der Waals surface area (Å²) in [4.78, 5) is 25.3. The third-order valence-electron chi connectivity index (χ3n) is 3.83. The van der Waals surface area contributed by atoms with E-state index >= 15 is 0 Å². The average molecular weight is 417 g/mol. The second kappa shape index (κ2) is 6.91. The van der Waals surface area contributed by atoms with Crippen LogP contribution in [0, 0.1) is 0 Å². The summed E-state index contributed by atoms with van der Waals surface area (Å²) >= 11 is 2.16. The number of benzene rings is 1. The first-order valence-corrected chi connectivity index (χ1v) is 11.2. The molecule has 1 aliphatic heterocycles. The second-order valence-electron chi connectivity index (χ2n) is 6.93. The van der Waals surface area contributed by atoms with E-state index in [-0.39, 0.29) is 35.1 Å². The van der Waals surface area contributed by atoms with Gasteiger partial charge in [-0.25, -0.2) is 13.2 Å². The molecular formula is C16H20N2O5S3. The van der Waals surface area contributed by atoms with E-state index in [0.717, 1.165) is 27.4 Å². The van der Waals surface area contributed by atoms with Crippen LogP contribution in [0.3, 0.4) is 0 Å². The normalized spacial score (nSPS) is 16.8. The van der Waals surface area contributed by atoms with Crippen LogP contribution in [0.4, 0.5) is 4.79 Å². The van der Waals surface area contributed by atoms with Gasteiger partial charge in [0, 0.05) is 30.9 Å². The Labute approximate surface area is 159 Å². The Bertz CT molecular complexity index is 979. The first kappa shape index (κ1) is 19.3. The van der Waals surface area contributed by atoms with Gasteiger partial charge in [0.15, 0.2) is 0 Å². The quantitative estimate of drug-likeness (QED) is 0.751. The van der Waals surface area contributed by atoms with Crippen molar-refractivity contribution in [1.29, 1.82) is 0 Å². The Kier molecular flexibility index (Phi) is 5.13. The third-order valence-corrected chi connectivity index (χ3v) is 7.82. The van der Waals surface area contributed by atoms with Crippen LogP contribution in [-0.2, 0) is 14.8 Å². The number of sulfonamides is 1. The molecule has 1 saturated heterocycles. The molecule has 26 heavy (non-hydrogen) atoms. The van der Waals surface area contributed by atoms with Crippen molar-refractivity contribution in [2.45, 2.75) is 31.3 Å². The number of nitrogens with zero attached hydrogens (tertiary/aromatic N) is 2. The zero-order valence-corrected chi connectivity index (χ0v) is 17.2. The lowest BCUT2D eigenvalue weighted by Gasteiger charge is -2.34. The summed E-state index contributed by atoms with van der Waals surface area (Å²) in [6.07, 6.45) is -0.431. The van der Waals surface area contributed by atoms with Gasteiger partial charge >= 0.3 is 6.09 Å². The van der Waals surface area contributed by atoms with Gasteiger partial charge in [0.05, 0.1) is 9.60 Å². The SMILES string of the molecule is CC(C)(C)OC(=O)N1CCN(S(=O)(=O)c2ccc3sc(=O)sc3c2)CC1. The summed E-state index contributed by atoms with van der Waals surface area (Å²) in [5.41, 5.74) is -0.585. The molecule has 1 aromatic heterocycles. The number of amides is 1. The van der Waals surface area contributed by atoms with Crippen LogP contribution >= 0.6 is 22.7 Å². The first-order chi connectivity index (χ1) is 12.1. The lowest BCUT2D eigenvalue weighted by atomic mass is 10.2. The average Bonchev–Trinajstić information content (AvgIpc) is 2.92. The third kappa shape index (κ3) is 4.08. The van der Waals surface area contributed by atoms with E-state index in [1.54, 1.807) is 32.9 Å². The summed E-state index contributed by atoms with van der Waals surface area (Å²) < 4.78 is 33.8. The molecular weight excluding hydrogens is 396 g/mol. The molecule has 1 fully saturated rings. The molecule has 1 aromatic carbocycles. The van der Waals surface area contributed by atoms with Crippen LogP contribution < -0.4 is 4.06 Å². The van der Waals surface area contributed by atoms with E-state index in [1.165, 1.54) is 15.3 Å². The number of carbonyl (C=O) groups excluding carboxylic acids is 1. The van der Waals surface area contributed by atoms with Crippen molar-refractivity contribution in [3.05, 3.63) is 27.0 Å². The topological polar surface area (TPSA) is 84.0 Å². The van der Waals surface area contributed by atoms with Gasteiger partial charge in [0.1, 0.15) is 5.60 Å². The van der Waals surface area contributed by atoms with E-state index in [9.17, 15) is 18.0 Å². The summed E-state index contributed by atoms with van der Waals surface area (Å²) in [5, 5.41) is 0. The van der Waals surface area contributed by atoms with Crippen molar-refractivity contribution >= 4 is 48.2 Å². The van der Waals surface area contributed by atoms with Gasteiger partial charge in [-0.05, 0) is 39.0 Å². The smallest absolute Gasteiger partial charge is 0.410 e. The fourth-order valence-corrected chi connectivity index (χ4v) is 6.09. The molecule has 2 aromatic rings. The lowest BCUT2D eigenvalue weighted by molar-refractivity contribution is 0.0192. The monoisotopic (exact) mass is 416 g/mol. The van der Waals surface area contributed by atoms with Crippen molar-refractivity contribution in [1.82, 2.24) is 9.21 Å². The number of hydrogen-bond acceptors (Lipinski definition) is 7. The van der Waals surface area contributed by atoms with Gasteiger partial charge in [-0.3, -0.25) is 4.79 Å². The van der Waals surface area contributed by atoms with Gasteiger partial charge in [-0.1, -0.05) is 22.7 Å². The summed E-state index contributed by atoms with van der Waals surface area (Å²) in [6, 6.07) is 4.75. The van der Waals surface area contributed by atoms with Crippen LogP contribution in [0.5, 0.6) is 0 Å². The fraction of sp³-hybridized carbons (Fsp3) is 0.500. The minimum absolute atomic E-state index is 0.0551. The number of rotatable bonds is 2.